The summed E-state index contributed by atoms with van der Waals surface area (Å²) in [5.41, 5.74) is 5.38. The van der Waals surface area contributed by atoms with Gasteiger partial charge in [-0.05, 0) is 26.3 Å². The Hall–Kier alpha value is -0.610. The number of rotatable bonds is 3. The van der Waals surface area contributed by atoms with Crippen LogP contribution in [-0.2, 0) is 4.79 Å². The van der Waals surface area contributed by atoms with E-state index >= 15 is 0 Å². The van der Waals surface area contributed by atoms with Gasteiger partial charge < -0.3 is 16.4 Å². The molecule has 0 radical (unpaired) electrons. The predicted octanol–water partition coefficient (Wildman–Crippen LogP) is -0.798. The van der Waals surface area contributed by atoms with Gasteiger partial charge in [-0.25, -0.2) is 0 Å². The molecule has 0 spiro atoms. The Morgan fingerprint density at radius 2 is 2.58 bits per heavy atom. The lowest BCUT2D eigenvalue weighted by Gasteiger charge is -2.15. The first-order valence-corrected chi connectivity index (χ1v) is 4.48. The molecule has 0 aromatic rings. The molecule has 0 bridgehead atoms. The van der Waals surface area contributed by atoms with Crippen LogP contribution < -0.4 is 16.4 Å². The van der Waals surface area contributed by atoms with Crippen LogP contribution in [0.3, 0.4) is 0 Å². The third-order valence-electron chi connectivity index (χ3n) is 2.12. The molecule has 1 unspecified atom stereocenters. The Morgan fingerprint density at radius 1 is 1.83 bits per heavy atom. The normalized spacial score (nSPS) is 25.3. The Bertz CT molecular complexity index is 154. The van der Waals surface area contributed by atoms with E-state index in [2.05, 4.69) is 10.6 Å². The van der Waals surface area contributed by atoms with Crippen molar-refractivity contribution in [3.8, 4) is 0 Å². The van der Waals surface area contributed by atoms with E-state index in [9.17, 15) is 4.79 Å². The molecule has 1 aliphatic rings. The second-order valence-electron chi connectivity index (χ2n) is 3.29. The van der Waals surface area contributed by atoms with Crippen LogP contribution in [0.2, 0.25) is 0 Å². The summed E-state index contributed by atoms with van der Waals surface area (Å²) in [6, 6.07) is 0.0962. The number of nitrogens with two attached hydrogens (primary N) is 1. The minimum absolute atomic E-state index is 0.0130. The van der Waals surface area contributed by atoms with Crippen molar-refractivity contribution >= 4 is 5.91 Å². The molecule has 1 saturated heterocycles. The lowest BCUT2D eigenvalue weighted by molar-refractivity contribution is -0.123. The summed E-state index contributed by atoms with van der Waals surface area (Å²) in [6.07, 6.45) is 2.04. The molecule has 70 valence electrons. The largest absolute Gasteiger partial charge is 0.351 e. The van der Waals surface area contributed by atoms with Crippen molar-refractivity contribution < 1.29 is 4.79 Å². The quantitative estimate of drug-likeness (QED) is 0.521. The first-order chi connectivity index (χ1) is 5.74. The molecule has 0 aromatic carbocycles. The van der Waals surface area contributed by atoms with Crippen LogP contribution in [0.1, 0.15) is 19.8 Å². The molecular formula is C8H17N3O. The van der Waals surface area contributed by atoms with Crippen molar-refractivity contribution in [3.05, 3.63) is 0 Å². The van der Waals surface area contributed by atoms with Crippen molar-refractivity contribution in [2.75, 3.05) is 13.1 Å². The summed E-state index contributed by atoms with van der Waals surface area (Å²) in [5.74, 6) is 0.0884. The summed E-state index contributed by atoms with van der Waals surface area (Å²) in [4.78, 5) is 11.4. The van der Waals surface area contributed by atoms with E-state index in [0.717, 1.165) is 19.4 Å². The van der Waals surface area contributed by atoms with Crippen molar-refractivity contribution in [2.24, 2.45) is 5.73 Å². The van der Waals surface area contributed by atoms with Crippen LogP contribution in [0.15, 0.2) is 0 Å². The summed E-state index contributed by atoms with van der Waals surface area (Å²) < 4.78 is 0. The zero-order valence-corrected chi connectivity index (χ0v) is 7.47. The van der Waals surface area contributed by atoms with Gasteiger partial charge in [-0.2, -0.15) is 0 Å². The molecule has 0 aliphatic carbocycles. The predicted molar refractivity (Wildman–Crippen MR) is 47.7 cm³/mol. The van der Waals surface area contributed by atoms with Gasteiger partial charge >= 0.3 is 0 Å². The number of hydrogen-bond donors (Lipinski definition) is 3. The fourth-order valence-corrected chi connectivity index (χ4v) is 1.31. The molecule has 4 heteroatoms. The Labute approximate surface area is 72.9 Å². The molecule has 4 nitrogen and oxygen atoms in total. The lowest BCUT2D eigenvalue weighted by Crippen LogP contribution is -2.46. The fraction of sp³-hybridized carbons (Fsp3) is 0.875. The molecule has 1 heterocycles. The van der Waals surface area contributed by atoms with E-state index in [1.54, 1.807) is 0 Å². The summed E-state index contributed by atoms with van der Waals surface area (Å²) >= 11 is 0. The number of nitrogens with one attached hydrogen (secondary N) is 2. The van der Waals surface area contributed by atoms with E-state index in [-0.39, 0.29) is 18.0 Å². The molecular weight excluding hydrogens is 154 g/mol. The van der Waals surface area contributed by atoms with Crippen LogP contribution in [0.25, 0.3) is 0 Å². The highest BCUT2D eigenvalue weighted by atomic mass is 16.2. The third kappa shape index (κ3) is 2.46. The van der Waals surface area contributed by atoms with E-state index in [4.69, 9.17) is 5.73 Å². The maximum Gasteiger partial charge on any atom is 0.237 e. The maximum absolute atomic E-state index is 11.4. The fourth-order valence-electron chi connectivity index (χ4n) is 1.31. The van der Waals surface area contributed by atoms with E-state index in [0.29, 0.717) is 6.54 Å². The highest BCUT2D eigenvalue weighted by Crippen LogP contribution is 2.04. The van der Waals surface area contributed by atoms with E-state index in [1.165, 1.54) is 0 Å². The van der Waals surface area contributed by atoms with E-state index < -0.39 is 0 Å². The van der Waals surface area contributed by atoms with Crippen molar-refractivity contribution in [3.63, 3.8) is 0 Å². The first kappa shape index (κ1) is 9.48. The zero-order chi connectivity index (χ0) is 8.97. The monoisotopic (exact) mass is 171 g/mol. The van der Waals surface area contributed by atoms with Gasteiger partial charge in [0, 0.05) is 12.6 Å². The molecule has 4 N–H and O–H groups in total. The topological polar surface area (TPSA) is 67.1 Å². The van der Waals surface area contributed by atoms with Gasteiger partial charge in [-0.15, -0.1) is 0 Å². The average molecular weight is 171 g/mol. The molecule has 1 fully saturated rings. The number of amides is 1. The Balaban J connectivity index is 2.27. The number of carbonyl (C=O) groups excluding carboxylic acids is 1. The zero-order valence-electron chi connectivity index (χ0n) is 7.47. The van der Waals surface area contributed by atoms with Crippen LogP contribution >= 0.6 is 0 Å². The highest BCUT2D eigenvalue weighted by Gasteiger charge is 2.22. The second-order valence-corrected chi connectivity index (χ2v) is 3.29. The van der Waals surface area contributed by atoms with E-state index in [1.807, 2.05) is 6.92 Å². The van der Waals surface area contributed by atoms with Crippen LogP contribution in [0.4, 0.5) is 0 Å². The summed E-state index contributed by atoms with van der Waals surface area (Å²) in [7, 11) is 0. The third-order valence-corrected chi connectivity index (χ3v) is 2.12. The first-order valence-electron chi connectivity index (χ1n) is 4.48. The van der Waals surface area contributed by atoms with Gasteiger partial charge in [0.2, 0.25) is 5.91 Å². The van der Waals surface area contributed by atoms with Crippen molar-refractivity contribution in [1.82, 2.24) is 10.6 Å². The van der Waals surface area contributed by atoms with Gasteiger partial charge in [0.25, 0.3) is 0 Å². The standard InChI is InChI=1S/C8H17N3O/c1-6(5-9)11-8(12)7-3-2-4-10-7/h6-7,10H,2-5,9H2,1H3,(H,11,12)/t6-,7?/m0/s1. The van der Waals surface area contributed by atoms with Crippen molar-refractivity contribution in [2.45, 2.75) is 31.8 Å². The number of carbonyl (C=O) groups is 1. The molecule has 1 amide bonds. The van der Waals surface area contributed by atoms with Crippen LogP contribution in [0.5, 0.6) is 0 Å². The molecule has 1 aliphatic heterocycles. The molecule has 0 aromatic heterocycles. The average Bonchev–Trinajstić information content (AvgIpc) is 2.56. The van der Waals surface area contributed by atoms with Gasteiger partial charge in [0.05, 0.1) is 6.04 Å². The molecule has 1 rings (SSSR count). The van der Waals surface area contributed by atoms with Crippen LogP contribution in [0, 0.1) is 0 Å². The highest BCUT2D eigenvalue weighted by molar-refractivity contribution is 5.82. The van der Waals surface area contributed by atoms with Crippen LogP contribution in [-0.4, -0.2) is 31.1 Å². The Morgan fingerprint density at radius 3 is 3.08 bits per heavy atom. The summed E-state index contributed by atoms with van der Waals surface area (Å²) in [6.45, 7) is 3.36. The lowest BCUT2D eigenvalue weighted by atomic mass is 10.2. The van der Waals surface area contributed by atoms with Gasteiger partial charge in [0.15, 0.2) is 0 Å². The van der Waals surface area contributed by atoms with Gasteiger partial charge in [0.1, 0.15) is 0 Å². The molecule has 12 heavy (non-hydrogen) atoms. The van der Waals surface area contributed by atoms with Gasteiger partial charge in [-0.3, -0.25) is 4.79 Å². The SMILES string of the molecule is C[C@@H](CN)NC(=O)C1CCCN1. The maximum atomic E-state index is 11.4. The molecule has 0 saturated carbocycles. The van der Waals surface area contributed by atoms with Crippen molar-refractivity contribution in [1.29, 1.82) is 0 Å². The minimum Gasteiger partial charge on any atom is -0.351 e. The summed E-state index contributed by atoms with van der Waals surface area (Å²) in [5, 5.41) is 5.98. The minimum atomic E-state index is 0.0130. The van der Waals surface area contributed by atoms with Gasteiger partial charge in [-0.1, -0.05) is 0 Å². The Kier molecular flexibility index (Phi) is 3.49. The second kappa shape index (κ2) is 4.42. The smallest absolute Gasteiger partial charge is 0.237 e. The number of hydrogen-bond acceptors (Lipinski definition) is 3. The molecule has 2 atom stereocenters.